The molecular formula is C25H32N4O. The van der Waals surface area contributed by atoms with Gasteiger partial charge in [-0.15, -0.1) is 0 Å². The van der Waals surface area contributed by atoms with E-state index in [1.807, 2.05) is 19.9 Å². The monoisotopic (exact) mass is 404 g/mol. The van der Waals surface area contributed by atoms with Crippen molar-refractivity contribution in [1.82, 2.24) is 14.9 Å². The molecule has 0 saturated carbocycles. The molecule has 0 aliphatic carbocycles. The molecule has 2 aromatic rings. The van der Waals surface area contributed by atoms with Gasteiger partial charge in [0.15, 0.2) is 0 Å². The molecule has 0 bridgehead atoms. The van der Waals surface area contributed by atoms with E-state index >= 15 is 0 Å². The number of hydrogen-bond acceptors (Lipinski definition) is 4. The van der Waals surface area contributed by atoms with Crippen LogP contribution in [0, 0.1) is 25.7 Å². The van der Waals surface area contributed by atoms with Gasteiger partial charge < -0.3 is 9.80 Å². The van der Waals surface area contributed by atoms with Crippen LogP contribution in [0.2, 0.25) is 0 Å². The summed E-state index contributed by atoms with van der Waals surface area (Å²) in [4.78, 5) is 26.8. The highest BCUT2D eigenvalue weighted by atomic mass is 16.2. The maximum atomic E-state index is 13.4. The summed E-state index contributed by atoms with van der Waals surface area (Å²) in [5.41, 5.74) is 2.30. The predicted octanol–water partition coefficient (Wildman–Crippen LogP) is 3.96. The minimum Gasteiger partial charge on any atom is -0.356 e. The first kappa shape index (κ1) is 20.6. The summed E-state index contributed by atoms with van der Waals surface area (Å²) in [5.74, 6) is 2.73. The Morgan fingerprint density at radius 3 is 2.53 bits per heavy atom. The van der Waals surface area contributed by atoms with Gasteiger partial charge in [-0.3, -0.25) is 4.79 Å². The summed E-state index contributed by atoms with van der Waals surface area (Å²) >= 11 is 0. The Morgan fingerprint density at radius 1 is 1.03 bits per heavy atom. The Hall–Kier alpha value is -2.69. The number of aryl methyl sites for hydroxylation is 2. The summed E-state index contributed by atoms with van der Waals surface area (Å²) in [7, 11) is 0. The van der Waals surface area contributed by atoms with Crippen LogP contribution in [-0.4, -0.2) is 47.0 Å². The number of carbonyl (C=O) groups is 1. The van der Waals surface area contributed by atoms with Crippen molar-refractivity contribution in [3.8, 4) is 0 Å². The van der Waals surface area contributed by atoms with Gasteiger partial charge in [0.1, 0.15) is 11.6 Å². The molecule has 30 heavy (non-hydrogen) atoms. The van der Waals surface area contributed by atoms with Gasteiger partial charge in [-0.2, -0.15) is 0 Å². The number of aromatic nitrogens is 2. The Morgan fingerprint density at radius 2 is 1.80 bits per heavy atom. The van der Waals surface area contributed by atoms with Crippen LogP contribution in [-0.2, 0) is 11.2 Å². The van der Waals surface area contributed by atoms with Gasteiger partial charge in [-0.05, 0) is 51.0 Å². The number of rotatable bonds is 5. The maximum absolute atomic E-state index is 13.4. The molecule has 2 aliphatic rings. The van der Waals surface area contributed by atoms with Crippen molar-refractivity contribution in [3.05, 3.63) is 65.6 Å². The van der Waals surface area contributed by atoms with E-state index in [0.29, 0.717) is 11.8 Å². The van der Waals surface area contributed by atoms with E-state index < -0.39 is 0 Å². The Kier molecular flexibility index (Phi) is 6.46. The molecule has 158 valence electrons. The van der Waals surface area contributed by atoms with Crippen molar-refractivity contribution < 1.29 is 4.79 Å². The SMILES string of the molecule is Cc1cc(N2CCC(C3CC=CCN(CCc4ccccc4)C3=O)CC2)nc(C)n1. The lowest BCUT2D eigenvalue weighted by molar-refractivity contribution is -0.136. The molecule has 1 saturated heterocycles. The van der Waals surface area contributed by atoms with Crippen LogP contribution in [0.1, 0.15) is 36.3 Å². The van der Waals surface area contributed by atoms with Crippen LogP contribution in [0.25, 0.3) is 0 Å². The van der Waals surface area contributed by atoms with Crippen LogP contribution in [0.3, 0.4) is 0 Å². The van der Waals surface area contributed by atoms with Gasteiger partial charge in [0.05, 0.1) is 0 Å². The highest BCUT2D eigenvalue weighted by Gasteiger charge is 2.34. The van der Waals surface area contributed by atoms with Crippen molar-refractivity contribution in [2.24, 2.45) is 11.8 Å². The molecule has 1 aromatic carbocycles. The zero-order chi connectivity index (χ0) is 20.9. The number of anilines is 1. The highest BCUT2D eigenvalue weighted by molar-refractivity contribution is 5.80. The van der Waals surface area contributed by atoms with Gasteiger partial charge in [0.25, 0.3) is 0 Å². The van der Waals surface area contributed by atoms with E-state index in [0.717, 1.165) is 69.2 Å². The summed E-state index contributed by atoms with van der Waals surface area (Å²) in [6.07, 6.45) is 8.26. The second-order valence-electron chi connectivity index (χ2n) is 8.57. The van der Waals surface area contributed by atoms with E-state index in [1.54, 1.807) is 0 Å². The Labute approximate surface area is 179 Å². The topological polar surface area (TPSA) is 49.3 Å². The first-order valence-corrected chi connectivity index (χ1v) is 11.1. The molecule has 5 nitrogen and oxygen atoms in total. The molecule has 1 aromatic heterocycles. The molecule has 0 spiro atoms. The number of allylic oxidation sites excluding steroid dienone is 1. The first-order chi connectivity index (χ1) is 14.6. The normalized spacial score (nSPS) is 20.5. The minimum absolute atomic E-state index is 0.107. The van der Waals surface area contributed by atoms with E-state index in [2.05, 4.69) is 62.3 Å². The lowest BCUT2D eigenvalue weighted by Gasteiger charge is -2.37. The standard InChI is InChI=1S/C25H32N4O/c1-19-18-24(27-20(2)26-19)28-16-12-22(13-17-28)23-10-6-7-14-29(25(23)30)15-11-21-8-4-3-5-9-21/h3-9,18,22-23H,10-17H2,1-2H3. The van der Waals surface area contributed by atoms with Crippen LogP contribution >= 0.6 is 0 Å². The van der Waals surface area contributed by atoms with Gasteiger partial charge in [0.2, 0.25) is 5.91 Å². The average Bonchev–Trinajstić information content (AvgIpc) is 2.94. The average molecular weight is 405 g/mol. The van der Waals surface area contributed by atoms with Crippen LogP contribution in [0.5, 0.6) is 0 Å². The third-order valence-corrected chi connectivity index (χ3v) is 6.41. The summed E-state index contributed by atoms with van der Waals surface area (Å²) < 4.78 is 0. The van der Waals surface area contributed by atoms with Crippen LogP contribution in [0.4, 0.5) is 5.82 Å². The smallest absolute Gasteiger partial charge is 0.226 e. The highest BCUT2D eigenvalue weighted by Crippen LogP contribution is 2.32. The van der Waals surface area contributed by atoms with Crippen molar-refractivity contribution >= 4 is 11.7 Å². The van der Waals surface area contributed by atoms with Crippen molar-refractivity contribution in [3.63, 3.8) is 0 Å². The van der Waals surface area contributed by atoms with Crippen molar-refractivity contribution in [2.75, 3.05) is 31.1 Å². The third kappa shape index (κ3) is 4.89. The predicted molar refractivity (Wildman–Crippen MR) is 120 cm³/mol. The molecule has 1 atom stereocenters. The van der Waals surface area contributed by atoms with Gasteiger partial charge in [-0.25, -0.2) is 9.97 Å². The summed E-state index contributed by atoms with van der Waals surface area (Å²) in [6.45, 7) is 7.41. The number of carbonyl (C=O) groups excluding carboxylic acids is 1. The van der Waals surface area contributed by atoms with Crippen LogP contribution in [0.15, 0.2) is 48.6 Å². The number of amides is 1. The zero-order valence-corrected chi connectivity index (χ0v) is 18.1. The minimum atomic E-state index is 0.107. The molecule has 1 unspecified atom stereocenters. The number of piperidine rings is 1. The fraction of sp³-hybridized carbons (Fsp3) is 0.480. The fourth-order valence-electron chi connectivity index (χ4n) is 4.76. The molecule has 1 fully saturated rings. The van der Waals surface area contributed by atoms with E-state index in [9.17, 15) is 4.79 Å². The summed E-state index contributed by atoms with van der Waals surface area (Å²) in [5, 5.41) is 0. The lowest BCUT2D eigenvalue weighted by atomic mass is 9.81. The molecule has 1 amide bonds. The van der Waals surface area contributed by atoms with Gasteiger partial charge in [0, 0.05) is 43.9 Å². The molecule has 3 heterocycles. The van der Waals surface area contributed by atoms with E-state index in [4.69, 9.17) is 0 Å². The second kappa shape index (κ2) is 9.41. The van der Waals surface area contributed by atoms with Crippen LogP contribution < -0.4 is 4.90 Å². The van der Waals surface area contributed by atoms with Crippen molar-refractivity contribution in [1.29, 1.82) is 0 Å². The molecule has 0 N–H and O–H groups in total. The van der Waals surface area contributed by atoms with Crippen molar-refractivity contribution in [2.45, 2.75) is 39.5 Å². The van der Waals surface area contributed by atoms with E-state index in [-0.39, 0.29) is 5.92 Å². The molecule has 2 aliphatic heterocycles. The molecule has 5 heteroatoms. The second-order valence-corrected chi connectivity index (χ2v) is 8.57. The number of nitrogens with zero attached hydrogens (tertiary/aromatic N) is 4. The molecule has 0 radical (unpaired) electrons. The number of hydrogen-bond donors (Lipinski definition) is 0. The maximum Gasteiger partial charge on any atom is 0.226 e. The number of benzene rings is 1. The fourth-order valence-corrected chi connectivity index (χ4v) is 4.76. The van der Waals surface area contributed by atoms with E-state index in [1.165, 1.54) is 5.56 Å². The molecular weight excluding hydrogens is 372 g/mol. The first-order valence-electron chi connectivity index (χ1n) is 11.1. The Bertz CT molecular complexity index is 867. The summed E-state index contributed by atoms with van der Waals surface area (Å²) in [6, 6.07) is 12.5. The lowest BCUT2D eigenvalue weighted by Crippen LogP contribution is -2.43. The third-order valence-electron chi connectivity index (χ3n) is 6.41. The zero-order valence-electron chi connectivity index (χ0n) is 18.1. The van der Waals surface area contributed by atoms with Gasteiger partial charge in [-0.1, -0.05) is 42.5 Å². The largest absolute Gasteiger partial charge is 0.356 e. The van der Waals surface area contributed by atoms with Gasteiger partial charge >= 0.3 is 0 Å². The quantitative estimate of drug-likeness (QED) is 0.708. The Balaban J connectivity index is 1.37. The molecule has 4 rings (SSSR count).